The Hall–Kier alpha value is -1.96. The Morgan fingerprint density at radius 1 is 1.12 bits per heavy atom. The van der Waals surface area contributed by atoms with Gasteiger partial charge in [-0.25, -0.2) is 8.42 Å². The third-order valence-corrected chi connectivity index (χ3v) is 7.95. The van der Waals surface area contributed by atoms with Crippen molar-refractivity contribution in [1.29, 1.82) is 0 Å². The summed E-state index contributed by atoms with van der Waals surface area (Å²) in [6.45, 7) is 2.92. The first-order valence-corrected chi connectivity index (χ1v) is 10.7. The number of piperidine rings is 1. The molecule has 1 aliphatic rings. The van der Waals surface area contributed by atoms with Gasteiger partial charge in [-0.1, -0.05) is 30.7 Å². The van der Waals surface area contributed by atoms with Gasteiger partial charge in [0, 0.05) is 23.5 Å². The van der Waals surface area contributed by atoms with Gasteiger partial charge in [0.2, 0.25) is 0 Å². The van der Waals surface area contributed by atoms with Crippen LogP contribution in [-0.2, 0) is 14.8 Å². The average molecular weight is 391 g/mol. The molecule has 5 nitrogen and oxygen atoms in total. The van der Waals surface area contributed by atoms with Crippen LogP contribution in [-0.4, -0.2) is 31.8 Å². The molecule has 7 heteroatoms. The zero-order valence-electron chi connectivity index (χ0n) is 14.5. The molecule has 1 aromatic carbocycles. The zero-order chi connectivity index (χ0) is 18.7. The van der Waals surface area contributed by atoms with Gasteiger partial charge in [0.05, 0.1) is 5.97 Å². The van der Waals surface area contributed by atoms with Gasteiger partial charge in [-0.15, -0.1) is 11.3 Å². The molecule has 0 N–H and O–H groups in total. The zero-order valence-corrected chi connectivity index (χ0v) is 16.1. The number of carbonyl (C=O) groups is 1. The summed E-state index contributed by atoms with van der Waals surface area (Å²) in [6.07, 6.45) is 4.29. The Labute approximate surface area is 157 Å². The van der Waals surface area contributed by atoms with Gasteiger partial charge >= 0.3 is 0 Å². The highest BCUT2D eigenvalue weighted by atomic mass is 32.2. The average Bonchev–Trinajstić information content (AvgIpc) is 3.12. The predicted molar refractivity (Wildman–Crippen MR) is 101 cm³/mol. The van der Waals surface area contributed by atoms with Gasteiger partial charge in [-0.05, 0) is 49.1 Å². The summed E-state index contributed by atoms with van der Waals surface area (Å²) >= 11 is 0.976. The number of carboxylic acid groups (broad SMARTS) is 1. The predicted octanol–water partition coefficient (Wildman–Crippen LogP) is 2.52. The van der Waals surface area contributed by atoms with Crippen molar-refractivity contribution >= 4 is 39.0 Å². The first kappa shape index (κ1) is 18.8. The van der Waals surface area contributed by atoms with Crippen LogP contribution in [0.25, 0.3) is 11.6 Å². The molecule has 0 spiro atoms. The van der Waals surface area contributed by atoms with Crippen LogP contribution < -0.4 is 5.11 Å². The van der Waals surface area contributed by atoms with Gasteiger partial charge in [0.15, 0.2) is 0 Å². The highest BCUT2D eigenvalue weighted by Crippen LogP contribution is 2.31. The minimum Gasteiger partial charge on any atom is -0.545 e. The van der Waals surface area contributed by atoms with E-state index in [-0.39, 0.29) is 9.78 Å². The number of thiophene rings is 1. The van der Waals surface area contributed by atoms with Gasteiger partial charge in [-0.3, -0.25) is 0 Å². The SMILES string of the molecule is Cc1ccccc1/C=C(\C(=O)[O-])c1ccc(S(=O)(=O)N2CCCCC2)s1. The lowest BCUT2D eigenvalue weighted by atomic mass is 10.1. The molecule has 138 valence electrons. The summed E-state index contributed by atoms with van der Waals surface area (Å²) in [7, 11) is -3.57. The maximum atomic E-state index is 12.8. The van der Waals surface area contributed by atoms with E-state index in [0.717, 1.165) is 41.7 Å². The van der Waals surface area contributed by atoms with Crippen LogP contribution in [0.1, 0.15) is 35.3 Å². The van der Waals surface area contributed by atoms with E-state index >= 15 is 0 Å². The van der Waals surface area contributed by atoms with E-state index in [4.69, 9.17) is 0 Å². The summed E-state index contributed by atoms with van der Waals surface area (Å²) in [5, 5.41) is 11.6. The molecular formula is C19H20NO4S2-. The summed E-state index contributed by atoms with van der Waals surface area (Å²) in [6, 6.07) is 10.4. The number of aliphatic carboxylic acids is 1. The van der Waals surface area contributed by atoms with Crippen LogP contribution in [0.5, 0.6) is 0 Å². The lowest BCUT2D eigenvalue weighted by Gasteiger charge is -2.25. The molecule has 0 aliphatic carbocycles. The molecular weight excluding hydrogens is 370 g/mol. The van der Waals surface area contributed by atoms with E-state index in [1.165, 1.54) is 16.4 Å². The van der Waals surface area contributed by atoms with Crippen LogP contribution in [0.3, 0.4) is 0 Å². The molecule has 2 heterocycles. The fraction of sp³-hybridized carbons (Fsp3) is 0.316. The lowest BCUT2D eigenvalue weighted by Crippen LogP contribution is -2.35. The van der Waals surface area contributed by atoms with E-state index in [2.05, 4.69) is 0 Å². The fourth-order valence-corrected chi connectivity index (χ4v) is 5.95. The normalized spacial score (nSPS) is 16.6. The molecule has 0 amide bonds. The second-order valence-electron chi connectivity index (χ2n) is 6.29. The molecule has 1 fully saturated rings. The van der Waals surface area contributed by atoms with Crippen LogP contribution in [0.15, 0.2) is 40.6 Å². The number of carboxylic acids is 1. The van der Waals surface area contributed by atoms with Crippen molar-refractivity contribution in [2.24, 2.45) is 0 Å². The highest BCUT2D eigenvalue weighted by molar-refractivity contribution is 7.91. The molecule has 26 heavy (non-hydrogen) atoms. The maximum Gasteiger partial charge on any atom is 0.252 e. The largest absolute Gasteiger partial charge is 0.545 e. The third-order valence-electron chi connectivity index (χ3n) is 4.46. The Morgan fingerprint density at radius 2 is 1.81 bits per heavy atom. The quantitative estimate of drug-likeness (QED) is 0.735. The first-order valence-electron chi connectivity index (χ1n) is 8.48. The second-order valence-corrected chi connectivity index (χ2v) is 9.53. The molecule has 1 aromatic heterocycles. The molecule has 1 saturated heterocycles. The Morgan fingerprint density at radius 3 is 2.46 bits per heavy atom. The van der Waals surface area contributed by atoms with Crippen LogP contribution in [0.2, 0.25) is 0 Å². The van der Waals surface area contributed by atoms with Gasteiger partial charge < -0.3 is 9.90 Å². The number of hydrogen-bond donors (Lipinski definition) is 0. The number of nitrogens with zero attached hydrogens (tertiary/aromatic N) is 1. The topological polar surface area (TPSA) is 77.5 Å². The highest BCUT2D eigenvalue weighted by Gasteiger charge is 2.27. The smallest absolute Gasteiger partial charge is 0.252 e. The molecule has 0 saturated carbocycles. The lowest BCUT2D eigenvalue weighted by molar-refractivity contribution is -0.295. The minimum atomic E-state index is -3.57. The van der Waals surface area contributed by atoms with E-state index in [0.29, 0.717) is 18.0 Å². The van der Waals surface area contributed by atoms with Crippen molar-refractivity contribution < 1.29 is 18.3 Å². The second kappa shape index (κ2) is 7.73. The minimum absolute atomic E-state index is 0.00982. The number of rotatable bonds is 5. The fourth-order valence-electron chi connectivity index (χ4n) is 2.97. The van der Waals surface area contributed by atoms with Crippen molar-refractivity contribution in [3.63, 3.8) is 0 Å². The Kier molecular flexibility index (Phi) is 5.60. The van der Waals surface area contributed by atoms with Crippen molar-refractivity contribution in [3.05, 3.63) is 52.4 Å². The molecule has 1 aliphatic heterocycles. The summed E-state index contributed by atoms with van der Waals surface area (Å²) < 4.78 is 27.2. The molecule has 0 unspecified atom stereocenters. The van der Waals surface area contributed by atoms with Crippen molar-refractivity contribution in [2.75, 3.05) is 13.1 Å². The Balaban J connectivity index is 1.96. The standard InChI is InChI=1S/C19H21NO4S2/c1-14-7-3-4-8-15(14)13-16(19(21)22)17-9-10-18(25-17)26(23,24)20-11-5-2-6-12-20/h3-4,7-10,13H,2,5-6,11-12H2,1H3,(H,21,22)/p-1/b16-13-. The van der Waals surface area contributed by atoms with Crippen molar-refractivity contribution in [3.8, 4) is 0 Å². The number of sulfonamides is 1. The molecule has 2 aromatic rings. The number of aryl methyl sites for hydroxylation is 1. The summed E-state index contributed by atoms with van der Waals surface area (Å²) in [5.41, 5.74) is 1.69. The van der Waals surface area contributed by atoms with Gasteiger partial charge in [-0.2, -0.15) is 4.31 Å². The summed E-state index contributed by atoms with van der Waals surface area (Å²) in [5.74, 6) is -1.32. The molecule has 0 radical (unpaired) electrons. The number of benzene rings is 1. The van der Waals surface area contributed by atoms with Gasteiger partial charge in [0.1, 0.15) is 4.21 Å². The monoisotopic (exact) mass is 390 g/mol. The first-order chi connectivity index (χ1) is 12.4. The van der Waals surface area contributed by atoms with Crippen molar-refractivity contribution in [2.45, 2.75) is 30.4 Å². The van der Waals surface area contributed by atoms with E-state index < -0.39 is 16.0 Å². The third kappa shape index (κ3) is 3.90. The van der Waals surface area contributed by atoms with Crippen molar-refractivity contribution in [1.82, 2.24) is 4.31 Å². The van der Waals surface area contributed by atoms with Crippen LogP contribution >= 0.6 is 11.3 Å². The van der Waals surface area contributed by atoms with Crippen LogP contribution in [0.4, 0.5) is 0 Å². The molecule has 3 rings (SSSR count). The Bertz CT molecular complexity index is 938. The van der Waals surface area contributed by atoms with Crippen LogP contribution in [0, 0.1) is 6.92 Å². The molecule has 0 atom stereocenters. The van der Waals surface area contributed by atoms with E-state index in [9.17, 15) is 18.3 Å². The number of carbonyl (C=O) groups excluding carboxylic acids is 1. The van der Waals surface area contributed by atoms with Gasteiger partial charge in [0.25, 0.3) is 10.0 Å². The number of hydrogen-bond acceptors (Lipinski definition) is 5. The molecule has 0 bridgehead atoms. The van der Waals surface area contributed by atoms with E-state index in [1.807, 2.05) is 31.2 Å². The van der Waals surface area contributed by atoms with E-state index in [1.54, 1.807) is 6.07 Å². The maximum absolute atomic E-state index is 12.8. The summed E-state index contributed by atoms with van der Waals surface area (Å²) in [4.78, 5) is 12.0.